The fourth-order valence-corrected chi connectivity index (χ4v) is 5.52. The van der Waals surface area contributed by atoms with Crippen molar-refractivity contribution >= 4 is 28.5 Å². The number of furan rings is 1. The van der Waals surface area contributed by atoms with Crippen molar-refractivity contribution in [1.29, 1.82) is 0 Å². The Balaban J connectivity index is 1.39. The number of nitrogens with one attached hydrogen (secondary N) is 1. The fraction of sp³-hybridized carbons (Fsp3) is 0.214. The first kappa shape index (κ1) is 24.1. The first-order valence-electron chi connectivity index (χ1n) is 11.7. The van der Waals surface area contributed by atoms with Crippen LogP contribution >= 0.6 is 11.3 Å². The minimum Gasteiger partial charge on any atom is -0.455 e. The van der Waals surface area contributed by atoms with E-state index in [0.717, 1.165) is 48.9 Å². The van der Waals surface area contributed by atoms with E-state index >= 15 is 0 Å². The molecule has 0 atom stereocenters. The van der Waals surface area contributed by atoms with E-state index in [9.17, 15) is 18.0 Å². The van der Waals surface area contributed by atoms with Gasteiger partial charge in [0.2, 0.25) is 0 Å². The number of carbonyl (C=O) groups is 1. The molecule has 0 saturated carbocycles. The molecule has 4 nitrogen and oxygen atoms in total. The van der Waals surface area contributed by atoms with Crippen LogP contribution in [-0.4, -0.2) is 12.1 Å². The highest BCUT2D eigenvalue weighted by molar-refractivity contribution is 7.16. The molecule has 0 aliphatic heterocycles. The molecule has 184 valence electrons. The number of alkyl halides is 3. The maximum Gasteiger partial charge on any atom is 0.416 e. The number of fused-ring (bicyclic) bond motifs is 1. The Morgan fingerprint density at radius 3 is 2.64 bits per heavy atom. The molecule has 8 heteroatoms. The lowest BCUT2D eigenvalue weighted by Crippen LogP contribution is -2.24. The van der Waals surface area contributed by atoms with Crippen LogP contribution < -0.4 is 5.32 Å². The highest BCUT2D eigenvalue weighted by Gasteiger charge is 2.30. The second-order valence-electron chi connectivity index (χ2n) is 8.60. The third-order valence-corrected chi connectivity index (χ3v) is 7.29. The van der Waals surface area contributed by atoms with Gasteiger partial charge >= 0.3 is 6.18 Å². The molecule has 0 saturated heterocycles. The van der Waals surface area contributed by atoms with Gasteiger partial charge < -0.3 is 9.73 Å². The van der Waals surface area contributed by atoms with Crippen molar-refractivity contribution in [2.24, 2.45) is 4.99 Å². The lowest BCUT2D eigenvalue weighted by atomic mass is 9.95. The summed E-state index contributed by atoms with van der Waals surface area (Å²) in [4.78, 5) is 19.0. The van der Waals surface area contributed by atoms with Crippen molar-refractivity contribution in [2.45, 2.75) is 38.4 Å². The maximum absolute atomic E-state index is 13.2. The molecule has 1 N–H and O–H groups in total. The van der Waals surface area contributed by atoms with Gasteiger partial charge in [0.15, 0.2) is 0 Å². The standard InChI is InChI=1S/C28H23F3N2O2S/c29-28(30,31)20-10-6-9-19(15-20)23-14-13-21(35-23)17-33-27-25(22-11-4-5-12-24(22)36-27)26(34)32-16-18-7-2-1-3-8-18/h1-3,6-10,13-15,17H,4-5,11-12,16H2,(H,32,34). The predicted molar refractivity (Wildman–Crippen MR) is 135 cm³/mol. The Labute approximate surface area is 210 Å². The molecule has 4 aromatic rings. The van der Waals surface area contributed by atoms with Gasteiger partial charge in [0.05, 0.1) is 17.3 Å². The minimum absolute atomic E-state index is 0.158. The van der Waals surface area contributed by atoms with E-state index in [2.05, 4.69) is 10.3 Å². The van der Waals surface area contributed by atoms with Crippen LogP contribution in [0.1, 0.15) is 50.5 Å². The largest absolute Gasteiger partial charge is 0.455 e. The number of aliphatic imine (C=N–C) groups is 1. The summed E-state index contributed by atoms with van der Waals surface area (Å²) in [6.45, 7) is 0.423. The molecule has 1 aliphatic rings. The van der Waals surface area contributed by atoms with Crippen LogP contribution in [0.25, 0.3) is 11.3 Å². The van der Waals surface area contributed by atoms with Gasteiger partial charge in [-0.05, 0) is 61.1 Å². The van der Waals surface area contributed by atoms with E-state index in [-0.39, 0.29) is 5.91 Å². The average Bonchev–Trinajstić information content (AvgIpc) is 3.51. The van der Waals surface area contributed by atoms with E-state index in [4.69, 9.17) is 4.42 Å². The van der Waals surface area contributed by atoms with Crippen LogP contribution in [0.15, 0.2) is 76.1 Å². The molecule has 0 spiro atoms. The molecule has 1 aliphatic carbocycles. The fourth-order valence-electron chi connectivity index (χ4n) is 4.29. The second kappa shape index (κ2) is 10.1. The molecule has 5 rings (SSSR count). The van der Waals surface area contributed by atoms with Crippen molar-refractivity contribution in [1.82, 2.24) is 5.32 Å². The molecule has 2 aromatic heterocycles. The molecule has 2 aromatic carbocycles. The number of rotatable bonds is 6. The van der Waals surface area contributed by atoms with Gasteiger partial charge in [-0.1, -0.05) is 42.5 Å². The summed E-state index contributed by atoms with van der Waals surface area (Å²) in [7, 11) is 0. The smallest absolute Gasteiger partial charge is 0.416 e. The molecule has 0 fully saturated rings. The number of thiophene rings is 1. The average molecular weight is 509 g/mol. The van der Waals surface area contributed by atoms with Crippen LogP contribution in [0.2, 0.25) is 0 Å². The van der Waals surface area contributed by atoms with Gasteiger partial charge in [-0.15, -0.1) is 11.3 Å². The summed E-state index contributed by atoms with van der Waals surface area (Å²) in [6, 6.07) is 18.0. The van der Waals surface area contributed by atoms with Gasteiger partial charge in [-0.25, -0.2) is 4.99 Å². The summed E-state index contributed by atoms with van der Waals surface area (Å²) in [5, 5.41) is 3.63. The maximum atomic E-state index is 13.2. The number of hydrogen-bond donors (Lipinski definition) is 1. The summed E-state index contributed by atoms with van der Waals surface area (Å²) in [5.74, 6) is 0.549. The van der Waals surface area contributed by atoms with Crippen LogP contribution in [0.5, 0.6) is 0 Å². The zero-order valence-corrected chi connectivity index (χ0v) is 20.1. The van der Waals surface area contributed by atoms with Crippen LogP contribution in [0.4, 0.5) is 18.2 Å². The summed E-state index contributed by atoms with van der Waals surface area (Å²) < 4.78 is 45.0. The van der Waals surface area contributed by atoms with Crippen LogP contribution in [0, 0.1) is 0 Å². The lowest BCUT2D eigenvalue weighted by molar-refractivity contribution is -0.137. The zero-order valence-electron chi connectivity index (χ0n) is 19.3. The van der Waals surface area contributed by atoms with Crippen molar-refractivity contribution in [3.05, 3.63) is 99.6 Å². The minimum atomic E-state index is -4.43. The Bertz CT molecular complexity index is 1400. The third-order valence-electron chi connectivity index (χ3n) is 6.09. The number of benzene rings is 2. The number of nitrogens with zero attached hydrogens (tertiary/aromatic N) is 1. The number of aryl methyl sites for hydroxylation is 1. The Morgan fingerprint density at radius 1 is 1.03 bits per heavy atom. The monoisotopic (exact) mass is 508 g/mol. The lowest BCUT2D eigenvalue weighted by Gasteiger charge is -2.12. The number of carbonyl (C=O) groups excluding carboxylic acids is 1. The zero-order chi connectivity index (χ0) is 25.1. The van der Waals surface area contributed by atoms with E-state index in [1.165, 1.54) is 28.5 Å². The van der Waals surface area contributed by atoms with E-state index in [0.29, 0.717) is 34.2 Å². The first-order valence-corrected chi connectivity index (χ1v) is 12.5. The molecule has 0 radical (unpaired) electrons. The van der Waals surface area contributed by atoms with Gasteiger partial charge in [0, 0.05) is 17.0 Å². The van der Waals surface area contributed by atoms with Crippen molar-refractivity contribution in [3.63, 3.8) is 0 Å². The van der Waals surface area contributed by atoms with Crippen molar-refractivity contribution in [3.8, 4) is 11.3 Å². The van der Waals surface area contributed by atoms with Crippen molar-refractivity contribution in [2.75, 3.05) is 0 Å². The molecule has 2 heterocycles. The molecule has 0 bridgehead atoms. The normalized spacial score (nSPS) is 13.6. The quantitative estimate of drug-likeness (QED) is 0.273. The van der Waals surface area contributed by atoms with Gasteiger partial charge in [0.1, 0.15) is 16.5 Å². The van der Waals surface area contributed by atoms with Gasteiger partial charge in [-0.3, -0.25) is 4.79 Å². The third kappa shape index (κ3) is 5.28. The SMILES string of the molecule is O=C(NCc1ccccc1)c1c(N=Cc2ccc(-c3cccc(C(F)(F)F)c3)o2)sc2c1CCCC2. The highest BCUT2D eigenvalue weighted by atomic mass is 32.1. The molecular formula is C28H23F3N2O2S. The van der Waals surface area contributed by atoms with Gasteiger partial charge in [-0.2, -0.15) is 13.2 Å². The summed E-state index contributed by atoms with van der Waals surface area (Å²) >= 11 is 1.51. The molecule has 36 heavy (non-hydrogen) atoms. The molecule has 1 amide bonds. The van der Waals surface area contributed by atoms with E-state index in [1.54, 1.807) is 18.2 Å². The van der Waals surface area contributed by atoms with Crippen LogP contribution in [0.3, 0.4) is 0 Å². The van der Waals surface area contributed by atoms with E-state index in [1.807, 2.05) is 30.3 Å². The van der Waals surface area contributed by atoms with E-state index < -0.39 is 11.7 Å². The van der Waals surface area contributed by atoms with Gasteiger partial charge in [0.25, 0.3) is 5.91 Å². The predicted octanol–water partition coefficient (Wildman–Crippen LogP) is 7.59. The Kier molecular flexibility index (Phi) is 6.78. The first-order chi connectivity index (χ1) is 17.4. The second-order valence-corrected chi connectivity index (χ2v) is 9.68. The highest BCUT2D eigenvalue weighted by Crippen LogP contribution is 2.40. The number of halogens is 3. The summed E-state index contributed by atoms with van der Waals surface area (Å²) in [6.07, 6.45) is 0.973. The Morgan fingerprint density at radius 2 is 1.83 bits per heavy atom. The number of hydrogen-bond acceptors (Lipinski definition) is 4. The topological polar surface area (TPSA) is 54.6 Å². The Hall–Kier alpha value is -3.65. The summed E-state index contributed by atoms with van der Waals surface area (Å²) in [5.41, 5.74) is 2.27. The van der Waals surface area contributed by atoms with Crippen LogP contribution in [-0.2, 0) is 25.6 Å². The number of amides is 1. The van der Waals surface area contributed by atoms with Crippen molar-refractivity contribution < 1.29 is 22.4 Å². The molecular weight excluding hydrogens is 485 g/mol. The molecule has 0 unspecified atom stereocenters.